The molecule has 0 spiro atoms. The average Bonchev–Trinajstić information content (AvgIpc) is 2.03. The lowest BCUT2D eigenvalue weighted by atomic mass is 10.1. The van der Waals surface area contributed by atoms with Crippen LogP contribution in [0.2, 0.25) is 0 Å². The van der Waals surface area contributed by atoms with Crippen molar-refractivity contribution in [3.63, 3.8) is 0 Å². The first kappa shape index (κ1) is 9.26. The highest BCUT2D eigenvalue weighted by atomic mass is 79.9. The number of aryl methyl sites for hydroxylation is 1. The van der Waals surface area contributed by atoms with Gasteiger partial charge in [-0.05, 0) is 12.5 Å². The number of rotatable bonds is 2. The Morgan fingerprint density at radius 3 is 2.75 bits per heavy atom. The Kier molecular flexibility index (Phi) is 2.87. The Hall–Kier alpha value is -0.830. The first-order chi connectivity index (χ1) is 5.61. The van der Waals surface area contributed by atoms with Crippen LogP contribution in [0.3, 0.4) is 0 Å². The van der Waals surface area contributed by atoms with Crippen LogP contribution in [0.5, 0.6) is 0 Å². The van der Waals surface area contributed by atoms with Gasteiger partial charge in [0, 0.05) is 0 Å². The summed E-state index contributed by atoms with van der Waals surface area (Å²) in [7, 11) is 0. The van der Waals surface area contributed by atoms with E-state index in [0.29, 0.717) is 0 Å². The average molecular weight is 228 g/mol. The molecule has 0 N–H and O–H groups in total. The smallest absolute Gasteiger partial charge is 0.0790 e. The number of aliphatic carboxylic acids is 1. The molecule has 64 valence electrons. The summed E-state index contributed by atoms with van der Waals surface area (Å²) in [5.41, 5.74) is 1.76. The third-order valence-corrected chi connectivity index (χ3v) is 2.44. The summed E-state index contributed by atoms with van der Waals surface area (Å²) in [6, 6.07) is 7.30. The lowest BCUT2D eigenvalue weighted by molar-refractivity contribution is -0.304. The van der Waals surface area contributed by atoms with Crippen LogP contribution in [0.15, 0.2) is 24.3 Å². The fourth-order valence-corrected chi connectivity index (χ4v) is 1.25. The number of benzene rings is 1. The van der Waals surface area contributed by atoms with Gasteiger partial charge in [-0.25, -0.2) is 0 Å². The second-order valence-electron chi connectivity index (χ2n) is 2.60. The van der Waals surface area contributed by atoms with Gasteiger partial charge in [-0.1, -0.05) is 45.8 Å². The number of alkyl halides is 1. The molecular weight excluding hydrogens is 220 g/mol. The highest BCUT2D eigenvalue weighted by Crippen LogP contribution is 2.22. The van der Waals surface area contributed by atoms with Gasteiger partial charge in [0.25, 0.3) is 0 Å². The fraction of sp³-hybridized carbons (Fsp3) is 0.222. The number of halogens is 1. The second kappa shape index (κ2) is 3.72. The van der Waals surface area contributed by atoms with Crippen LogP contribution in [0.25, 0.3) is 0 Å². The Bertz CT molecular complexity index is 296. The second-order valence-corrected chi connectivity index (χ2v) is 3.51. The summed E-state index contributed by atoms with van der Waals surface area (Å²) in [4.78, 5) is 9.74. The largest absolute Gasteiger partial charge is 0.549 e. The lowest BCUT2D eigenvalue weighted by Gasteiger charge is -2.11. The van der Waals surface area contributed by atoms with E-state index in [4.69, 9.17) is 0 Å². The molecule has 12 heavy (non-hydrogen) atoms. The highest BCUT2D eigenvalue weighted by molar-refractivity contribution is 9.09. The molecule has 1 rings (SSSR count). The van der Waals surface area contributed by atoms with Crippen LogP contribution in [-0.4, -0.2) is 5.97 Å². The third-order valence-electron chi connectivity index (χ3n) is 1.54. The van der Waals surface area contributed by atoms with Gasteiger partial charge in [-0.3, -0.25) is 0 Å². The van der Waals surface area contributed by atoms with Crippen molar-refractivity contribution < 1.29 is 9.90 Å². The molecule has 0 heterocycles. The van der Waals surface area contributed by atoms with Gasteiger partial charge in [0.2, 0.25) is 0 Å². The number of carboxylic acids is 1. The van der Waals surface area contributed by atoms with E-state index in [1.54, 1.807) is 6.07 Å². The Balaban J connectivity index is 2.95. The molecule has 2 nitrogen and oxygen atoms in total. The van der Waals surface area contributed by atoms with Gasteiger partial charge < -0.3 is 9.90 Å². The number of hydrogen-bond acceptors (Lipinski definition) is 2. The Morgan fingerprint density at radius 1 is 1.58 bits per heavy atom. The van der Waals surface area contributed by atoms with Crippen molar-refractivity contribution >= 4 is 21.9 Å². The van der Waals surface area contributed by atoms with Gasteiger partial charge in [0.05, 0.1) is 10.8 Å². The topological polar surface area (TPSA) is 40.1 Å². The third kappa shape index (κ3) is 2.08. The Labute approximate surface area is 79.3 Å². The van der Waals surface area contributed by atoms with Crippen molar-refractivity contribution in [2.75, 3.05) is 0 Å². The van der Waals surface area contributed by atoms with Crippen LogP contribution < -0.4 is 5.11 Å². The quantitative estimate of drug-likeness (QED) is 0.713. The first-order valence-electron chi connectivity index (χ1n) is 3.53. The van der Waals surface area contributed by atoms with Crippen molar-refractivity contribution in [1.29, 1.82) is 0 Å². The van der Waals surface area contributed by atoms with Crippen molar-refractivity contribution in [1.82, 2.24) is 0 Å². The lowest BCUT2D eigenvalue weighted by Crippen LogP contribution is -2.26. The standard InChI is InChI=1S/C9H9BrO2/c1-6-3-2-4-7(5-6)8(10)9(11)12/h2-5,8H,1H3,(H,11,12)/p-1. The molecule has 0 aliphatic carbocycles. The van der Waals surface area contributed by atoms with Crippen LogP contribution in [0.1, 0.15) is 16.0 Å². The predicted octanol–water partition coefficient (Wildman–Crippen LogP) is 1.18. The van der Waals surface area contributed by atoms with E-state index in [2.05, 4.69) is 15.9 Å². The van der Waals surface area contributed by atoms with Crippen molar-refractivity contribution in [2.24, 2.45) is 0 Å². The first-order valence-corrected chi connectivity index (χ1v) is 4.44. The SMILES string of the molecule is Cc1cccc(C(Br)C(=O)[O-])c1. The predicted molar refractivity (Wildman–Crippen MR) is 47.9 cm³/mol. The van der Waals surface area contributed by atoms with E-state index in [1.165, 1.54) is 0 Å². The summed E-state index contributed by atoms with van der Waals surface area (Å²) in [5, 5.41) is 10.5. The minimum atomic E-state index is -1.11. The number of carboxylic acid groups (broad SMARTS) is 1. The van der Waals surface area contributed by atoms with Crippen molar-refractivity contribution in [3.05, 3.63) is 35.4 Å². The van der Waals surface area contributed by atoms with Crippen molar-refractivity contribution in [3.8, 4) is 0 Å². The zero-order valence-electron chi connectivity index (χ0n) is 6.58. The van der Waals surface area contributed by atoms with Crippen LogP contribution in [-0.2, 0) is 4.79 Å². The molecule has 0 aromatic heterocycles. The highest BCUT2D eigenvalue weighted by Gasteiger charge is 2.06. The molecule has 3 heteroatoms. The van der Waals surface area contributed by atoms with E-state index in [0.717, 1.165) is 11.1 Å². The molecule has 1 unspecified atom stereocenters. The zero-order valence-corrected chi connectivity index (χ0v) is 8.17. The van der Waals surface area contributed by atoms with Crippen molar-refractivity contribution in [2.45, 2.75) is 11.8 Å². The summed E-state index contributed by atoms with van der Waals surface area (Å²) >= 11 is 3.02. The molecule has 1 atom stereocenters. The maximum Gasteiger partial charge on any atom is 0.0790 e. The van der Waals surface area contributed by atoms with Gasteiger partial charge in [-0.2, -0.15) is 0 Å². The van der Waals surface area contributed by atoms with Gasteiger partial charge in [-0.15, -0.1) is 0 Å². The number of hydrogen-bond donors (Lipinski definition) is 0. The molecule has 0 saturated heterocycles. The molecule has 0 amide bonds. The minimum absolute atomic E-state index is 0.711. The molecule has 1 aromatic rings. The van der Waals surface area contributed by atoms with E-state index in [-0.39, 0.29) is 0 Å². The van der Waals surface area contributed by atoms with E-state index >= 15 is 0 Å². The van der Waals surface area contributed by atoms with Gasteiger partial charge in [0.15, 0.2) is 0 Å². The summed E-state index contributed by atoms with van der Waals surface area (Å²) in [6.07, 6.45) is 0. The molecule has 0 radical (unpaired) electrons. The molecular formula is C9H8BrO2-. The maximum atomic E-state index is 10.5. The fourth-order valence-electron chi connectivity index (χ4n) is 0.964. The normalized spacial score (nSPS) is 12.5. The molecule has 0 saturated carbocycles. The van der Waals surface area contributed by atoms with Crippen LogP contribution in [0, 0.1) is 6.92 Å². The van der Waals surface area contributed by atoms with E-state index in [1.807, 2.05) is 25.1 Å². The molecule has 0 aliphatic rings. The Morgan fingerprint density at radius 2 is 2.25 bits per heavy atom. The monoisotopic (exact) mass is 227 g/mol. The molecule has 0 fully saturated rings. The summed E-state index contributed by atoms with van der Waals surface area (Å²) in [5.74, 6) is -1.11. The molecule has 0 bridgehead atoms. The summed E-state index contributed by atoms with van der Waals surface area (Å²) in [6.45, 7) is 1.92. The molecule has 1 aromatic carbocycles. The summed E-state index contributed by atoms with van der Waals surface area (Å²) < 4.78 is 0. The number of carbonyl (C=O) groups excluding carboxylic acids is 1. The maximum absolute atomic E-state index is 10.5. The van der Waals surface area contributed by atoms with Gasteiger partial charge >= 0.3 is 0 Å². The molecule has 0 aliphatic heterocycles. The zero-order chi connectivity index (χ0) is 9.14. The van der Waals surface area contributed by atoms with E-state index in [9.17, 15) is 9.90 Å². The number of carbonyl (C=O) groups is 1. The van der Waals surface area contributed by atoms with E-state index < -0.39 is 10.8 Å². The van der Waals surface area contributed by atoms with Gasteiger partial charge in [0.1, 0.15) is 0 Å². The minimum Gasteiger partial charge on any atom is -0.549 e. The van der Waals surface area contributed by atoms with Crippen LogP contribution in [0.4, 0.5) is 0 Å². The van der Waals surface area contributed by atoms with Crippen LogP contribution >= 0.6 is 15.9 Å².